The molecule has 3 nitrogen and oxygen atoms in total. The van der Waals surface area contributed by atoms with E-state index in [0.717, 1.165) is 37.5 Å². The monoisotopic (exact) mass is 210 g/mol. The van der Waals surface area contributed by atoms with Crippen molar-refractivity contribution in [3.05, 3.63) is 28.5 Å². The number of rotatable bonds is 2. The second-order valence-corrected chi connectivity index (χ2v) is 3.89. The van der Waals surface area contributed by atoms with Crippen LogP contribution >= 0.6 is 12.2 Å². The van der Waals surface area contributed by atoms with Crippen molar-refractivity contribution < 1.29 is 4.74 Å². The van der Waals surface area contributed by atoms with Crippen molar-refractivity contribution in [1.82, 2.24) is 9.88 Å². The van der Waals surface area contributed by atoms with Crippen LogP contribution in [-0.2, 0) is 11.3 Å². The number of pyridine rings is 1. The van der Waals surface area contributed by atoms with Gasteiger partial charge >= 0.3 is 0 Å². The summed E-state index contributed by atoms with van der Waals surface area (Å²) in [5.41, 5.74) is 1.28. The van der Waals surface area contributed by atoms with Crippen LogP contribution in [0.3, 0.4) is 0 Å². The van der Waals surface area contributed by atoms with E-state index in [9.17, 15) is 0 Å². The third-order valence-electron chi connectivity index (χ3n) is 2.36. The summed E-state index contributed by atoms with van der Waals surface area (Å²) in [6, 6.07) is 4.01. The second kappa shape index (κ2) is 4.68. The largest absolute Gasteiger partial charge is 0.379 e. The van der Waals surface area contributed by atoms with Crippen molar-refractivity contribution in [3.8, 4) is 0 Å². The van der Waals surface area contributed by atoms with E-state index >= 15 is 0 Å². The highest BCUT2D eigenvalue weighted by atomic mass is 32.1. The van der Waals surface area contributed by atoms with Crippen LogP contribution in [0.2, 0.25) is 0 Å². The first kappa shape index (κ1) is 9.83. The Bertz CT molecular complexity index is 324. The van der Waals surface area contributed by atoms with Gasteiger partial charge in [-0.15, -0.1) is 0 Å². The molecule has 0 amide bonds. The molecule has 1 saturated heterocycles. The second-order valence-electron chi connectivity index (χ2n) is 3.45. The van der Waals surface area contributed by atoms with Crippen molar-refractivity contribution in [1.29, 1.82) is 0 Å². The fourth-order valence-corrected chi connectivity index (χ4v) is 1.69. The minimum Gasteiger partial charge on any atom is -0.379 e. The lowest BCUT2D eigenvalue weighted by Crippen LogP contribution is -2.35. The SMILES string of the molecule is S=c1ccc(CN2CCOCC2)c[nH]1. The van der Waals surface area contributed by atoms with E-state index < -0.39 is 0 Å². The summed E-state index contributed by atoms with van der Waals surface area (Å²) in [5.74, 6) is 0. The highest BCUT2D eigenvalue weighted by Crippen LogP contribution is 2.05. The molecular weight excluding hydrogens is 196 g/mol. The molecule has 1 aliphatic heterocycles. The van der Waals surface area contributed by atoms with Gasteiger partial charge in [-0.25, -0.2) is 0 Å². The summed E-state index contributed by atoms with van der Waals surface area (Å²) in [6.07, 6.45) is 1.98. The van der Waals surface area contributed by atoms with Gasteiger partial charge in [0.1, 0.15) is 4.64 Å². The predicted molar refractivity (Wildman–Crippen MR) is 57.7 cm³/mol. The van der Waals surface area contributed by atoms with E-state index in [-0.39, 0.29) is 0 Å². The molecule has 76 valence electrons. The molecule has 0 atom stereocenters. The Labute approximate surface area is 88.7 Å². The molecule has 0 bridgehead atoms. The van der Waals surface area contributed by atoms with E-state index in [1.807, 2.05) is 12.3 Å². The van der Waals surface area contributed by atoms with Crippen LogP contribution in [-0.4, -0.2) is 36.2 Å². The van der Waals surface area contributed by atoms with Gasteiger partial charge in [0.15, 0.2) is 0 Å². The molecule has 2 heterocycles. The average Bonchev–Trinajstić information content (AvgIpc) is 2.23. The maximum absolute atomic E-state index is 5.29. The summed E-state index contributed by atoms with van der Waals surface area (Å²) in [4.78, 5) is 5.43. The highest BCUT2D eigenvalue weighted by molar-refractivity contribution is 7.71. The molecule has 4 heteroatoms. The number of nitrogens with zero attached hydrogens (tertiary/aromatic N) is 1. The van der Waals surface area contributed by atoms with E-state index in [2.05, 4.69) is 16.0 Å². The van der Waals surface area contributed by atoms with Crippen LogP contribution in [0.1, 0.15) is 5.56 Å². The Morgan fingerprint density at radius 2 is 2.14 bits per heavy atom. The standard InChI is InChI=1S/C10H14N2OS/c14-10-2-1-9(7-11-10)8-12-3-5-13-6-4-12/h1-2,7H,3-6,8H2,(H,11,14). The first-order valence-electron chi connectivity index (χ1n) is 4.82. The molecule has 1 aromatic heterocycles. The van der Waals surface area contributed by atoms with Gasteiger partial charge in [-0.2, -0.15) is 0 Å². The normalized spacial score (nSPS) is 18.3. The zero-order valence-corrected chi connectivity index (χ0v) is 8.85. The smallest absolute Gasteiger partial charge is 0.103 e. The third-order valence-corrected chi connectivity index (χ3v) is 2.61. The van der Waals surface area contributed by atoms with Crippen LogP contribution in [0, 0.1) is 4.64 Å². The number of H-pyrrole nitrogens is 1. The van der Waals surface area contributed by atoms with Gasteiger partial charge < -0.3 is 9.72 Å². The van der Waals surface area contributed by atoms with Crippen molar-refractivity contribution >= 4 is 12.2 Å². The van der Waals surface area contributed by atoms with Crippen molar-refractivity contribution in [2.75, 3.05) is 26.3 Å². The number of hydrogen-bond acceptors (Lipinski definition) is 3. The van der Waals surface area contributed by atoms with Gasteiger partial charge in [-0.05, 0) is 11.6 Å². The Kier molecular flexibility index (Phi) is 3.29. The summed E-state index contributed by atoms with van der Waals surface area (Å²) in [7, 11) is 0. The van der Waals surface area contributed by atoms with Crippen LogP contribution in [0.15, 0.2) is 18.3 Å². The summed E-state index contributed by atoms with van der Waals surface area (Å²) in [5, 5.41) is 0. The molecule has 1 fully saturated rings. The number of morpholine rings is 1. The Balaban J connectivity index is 1.96. The molecule has 1 aliphatic rings. The van der Waals surface area contributed by atoms with Crippen LogP contribution in [0.25, 0.3) is 0 Å². The quantitative estimate of drug-likeness (QED) is 0.751. The third kappa shape index (κ3) is 2.64. The molecular formula is C10H14N2OS. The summed E-state index contributed by atoms with van der Waals surface area (Å²) >= 11 is 4.99. The molecule has 1 N–H and O–H groups in total. The minimum absolute atomic E-state index is 0.788. The predicted octanol–water partition coefficient (Wildman–Crippen LogP) is 1.58. The van der Waals surface area contributed by atoms with Gasteiger partial charge in [-0.1, -0.05) is 18.3 Å². The topological polar surface area (TPSA) is 28.3 Å². The van der Waals surface area contributed by atoms with Crippen molar-refractivity contribution in [3.63, 3.8) is 0 Å². The first-order valence-corrected chi connectivity index (χ1v) is 5.23. The van der Waals surface area contributed by atoms with Crippen LogP contribution < -0.4 is 0 Å². The lowest BCUT2D eigenvalue weighted by molar-refractivity contribution is 0.0341. The Morgan fingerprint density at radius 1 is 1.36 bits per heavy atom. The molecule has 2 rings (SSSR count). The van der Waals surface area contributed by atoms with Crippen LogP contribution in [0.4, 0.5) is 0 Å². The average molecular weight is 210 g/mol. The first-order chi connectivity index (χ1) is 6.84. The van der Waals surface area contributed by atoms with E-state index in [0.29, 0.717) is 0 Å². The Hall–Kier alpha value is -0.710. The van der Waals surface area contributed by atoms with E-state index in [4.69, 9.17) is 17.0 Å². The molecule has 0 spiro atoms. The van der Waals surface area contributed by atoms with E-state index in [1.54, 1.807) is 0 Å². The van der Waals surface area contributed by atoms with Gasteiger partial charge in [-0.3, -0.25) is 4.90 Å². The lowest BCUT2D eigenvalue weighted by atomic mass is 10.2. The number of aromatic amines is 1. The van der Waals surface area contributed by atoms with Gasteiger partial charge in [0, 0.05) is 25.8 Å². The highest BCUT2D eigenvalue weighted by Gasteiger charge is 2.09. The van der Waals surface area contributed by atoms with Gasteiger partial charge in [0.05, 0.1) is 13.2 Å². The molecule has 1 aromatic rings. The number of hydrogen-bond donors (Lipinski definition) is 1. The molecule has 14 heavy (non-hydrogen) atoms. The zero-order valence-electron chi connectivity index (χ0n) is 8.03. The summed E-state index contributed by atoms with van der Waals surface area (Å²) in [6.45, 7) is 4.73. The molecule has 0 saturated carbocycles. The summed E-state index contributed by atoms with van der Waals surface area (Å²) < 4.78 is 6.08. The number of ether oxygens (including phenoxy) is 1. The van der Waals surface area contributed by atoms with E-state index in [1.165, 1.54) is 5.56 Å². The number of aromatic nitrogens is 1. The molecule has 0 radical (unpaired) electrons. The maximum Gasteiger partial charge on any atom is 0.103 e. The Morgan fingerprint density at radius 3 is 2.79 bits per heavy atom. The molecule has 0 aliphatic carbocycles. The fourth-order valence-electron chi connectivity index (χ4n) is 1.56. The maximum atomic E-state index is 5.29. The van der Waals surface area contributed by atoms with Gasteiger partial charge in [0.25, 0.3) is 0 Å². The molecule has 0 aromatic carbocycles. The van der Waals surface area contributed by atoms with Crippen LogP contribution in [0.5, 0.6) is 0 Å². The number of nitrogens with one attached hydrogen (secondary N) is 1. The minimum atomic E-state index is 0.788. The lowest BCUT2D eigenvalue weighted by Gasteiger charge is -2.26. The molecule has 0 unspecified atom stereocenters. The van der Waals surface area contributed by atoms with Crippen molar-refractivity contribution in [2.45, 2.75) is 6.54 Å². The van der Waals surface area contributed by atoms with Gasteiger partial charge in [0.2, 0.25) is 0 Å². The zero-order chi connectivity index (χ0) is 9.80. The fraction of sp³-hybridized carbons (Fsp3) is 0.500. The van der Waals surface area contributed by atoms with Crippen molar-refractivity contribution in [2.24, 2.45) is 0 Å².